The molecule has 1 saturated heterocycles. The van der Waals surface area contributed by atoms with Gasteiger partial charge in [0, 0.05) is 6.92 Å². The van der Waals surface area contributed by atoms with E-state index in [0.29, 0.717) is 13.2 Å². The Morgan fingerprint density at radius 1 is 1.50 bits per heavy atom. The molecule has 1 rings (SSSR count). The van der Waals surface area contributed by atoms with Gasteiger partial charge in [-0.05, 0) is 14.1 Å². The first-order chi connectivity index (χ1) is 5.61. The van der Waals surface area contributed by atoms with E-state index in [-0.39, 0.29) is 18.1 Å². The first-order valence-electron chi connectivity index (χ1n) is 4.02. The Kier molecular flexibility index (Phi) is 3.05. The zero-order chi connectivity index (χ0) is 9.14. The third-order valence-electron chi connectivity index (χ3n) is 1.98. The number of likely N-dealkylation sites (N-methyl/N-ethyl adjacent to an activating group) is 1. The molecular formula is C8H15NO3. The van der Waals surface area contributed by atoms with E-state index in [0.717, 1.165) is 0 Å². The van der Waals surface area contributed by atoms with Gasteiger partial charge in [0.2, 0.25) is 0 Å². The molecule has 2 unspecified atom stereocenters. The predicted molar refractivity (Wildman–Crippen MR) is 43.8 cm³/mol. The van der Waals surface area contributed by atoms with Gasteiger partial charge in [0.1, 0.15) is 6.10 Å². The molecule has 0 aromatic carbocycles. The van der Waals surface area contributed by atoms with Crippen LogP contribution in [0.5, 0.6) is 0 Å². The summed E-state index contributed by atoms with van der Waals surface area (Å²) in [6.45, 7) is 2.58. The normalized spacial score (nSPS) is 29.3. The molecule has 0 aromatic rings. The standard InChI is InChI=1S/C8H15NO3/c1-6(10)12-8-5-11-4-7(8)9(2)3/h7-8H,4-5H2,1-3H3. The van der Waals surface area contributed by atoms with Gasteiger partial charge in [-0.3, -0.25) is 4.79 Å². The Balaban J connectivity index is 2.46. The minimum Gasteiger partial charge on any atom is -0.458 e. The lowest BCUT2D eigenvalue weighted by Gasteiger charge is -2.23. The third-order valence-corrected chi connectivity index (χ3v) is 1.98. The molecule has 12 heavy (non-hydrogen) atoms. The molecule has 0 bridgehead atoms. The first kappa shape index (κ1) is 9.48. The van der Waals surface area contributed by atoms with E-state index in [1.165, 1.54) is 6.92 Å². The molecule has 0 spiro atoms. The number of hydrogen-bond acceptors (Lipinski definition) is 4. The largest absolute Gasteiger partial charge is 0.458 e. The highest BCUT2D eigenvalue weighted by Crippen LogP contribution is 2.13. The lowest BCUT2D eigenvalue weighted by molar-refractivity contribution is -0.148. The summed E-state index contributed by atoms with van der Waals surface area (Å²) in [6, 6.07) is 0.203. The highest BCUT2D eigenvalue weighted by Gasteiger charge is 2.32. The van der Waals surface area contributed by atoms with E-state index >= 15 is 0 Å². The van der Waals surface area contributed by atoms with Crippen molar-refractivity contribution in [2.24, 2.45) is 0 Å². The van der Waals surface area contributed by atoms with Crippen LogP contribution in [0.2, 0.25) is 0 Å². The number of esters is 1. The summed E-state index contributed by atoms with van der Waals surface area (Å²) in [5.74, 6) is -0.239. The number of hydrogen-bond donors (Lipinski definition) is 0. The fraction of sp³-hybridized carbons (Fsp3) is 0.875. The van der Waals surface area contributed by atoms with Gasteiger partial charge in [-0.15, -0.1) is 0 Å². The van der Waals surface area contributed by atoms with E-state index in [1.807, 2.05) is 19.0 Å². The molecule has 1 fully saturated rings. The lowest BCUT2D eigenvalue weighted by Crippen LogP contribution is -2.40. The Hall–Kier alpha value is -0.610. The van der Waals surface area contributed by atoms with Crippen LogP contribution in [0, 0.1) is 0 Å². The zero-order valence-corrected chi connectivity index (χ0v) is 7.74. The molecule has 0 N–H and O–H groups in total. The second-order valence-corrected chi connectivity index (χ2v) is 3.22. The van der Waals surface area contributed by atoms with Crippen molar-refractivity contribution in [3.63, 3.8) is 0 Å². The van der Waals surface area contributed by atoms with Gasteiger partial charge in [-0.1, -0.05) is 0 Å². The third kappa shape index (κ3) is 2.19. The lowest BCUT2D eigenvalue weighted by atomic mass is 10.2. The summed E-state index contributed by atoms with van der Waals surface area (Å²) >= 11 is 0. The van der Waals surface area contributed by atoms with Gasteiger partial charge < -0.3 is 14.4 Å². The van der Waals surface area contributed by atoms with Gasteiger partial charge in [-0.25, -0.2) is 0 Å². The maximum atomic E-state index is 10.7. The van der Waals surface area contributed by atoms with Crippen molar-refractivity contribution in [3.05, 3.63) is 0 Å². The molecule has 4 nitrogen and oxygen atoms in total. The van der Waals surface area contributed by atoms with Crippen molar-refractivity contribution in [3.8, 4) is 0 Å². The molecule has 0 saturated carbocycles. The molecule has 1 aliphatic heterocycles. The van der Waals surface area contributed by atoms with Gasteiger partial charge in [0.25, 0.3) is 0 Å². The molecule has 0 aliphatic carbocycles. The van der Waals surface area contributed by atoms with Crippen LogP contribution in [0.15, 0.2) is 0 Å². The van der Waals surface area contributed by atoms with Crippen LogP contribution in [0.1, 0.15) is 6.92 Å². The molecule has 0 radical (unpaired) electrons. The second kappa shape index (κ2) is 3.87. The summed E-state index contributed by atoms with van der Waals surface area (Å²) in [5, 5.41) is 0. The quantitative estimate of drug-likeness (QED) is 0.546. The minimum absolute atomic E-state index is 0.0995. The van der Waals surface area contributed by atoms with Crippen molar-refractivity contribution in [2.45, 2.75) is 19.1 Å². The van der Waals surface area contributed by atoms with Crippen LogP contribution in [0.3, 0.4) is 0 Å². The number of ether oxygens (including phenoxy) is 2. The Morgan fingerprint density at radius 3 is 2.67 bits per heavy atom. The van der Waals surface area contributed by atoms with E-state index in [4.69, 9.17) is 9.47 Å². The van der Waals surface area contributed by atoms with E-state index in [1.54, 1.807) is 0 Å². The minimum atomic E-state index is -0.239. The van der Waals surface area contributed by atoms with Crippen molar-refractivity contribution in [1.82, 2.24) is 4.90 Å². The molecule has 1 aliphatic rings. The summed E-state index contributed by atoms with van der Waals surface area (Å²) in [5.41, 5.74) is 0. The summed E-state index contributed by atoms with van der Waals surface area (Å²) in [7, 11) is 3.91. The SMILES string of the molecule is CC(=O)OC1COCC1N(C)C. The summed E-state index contributed by atoms with van der Waals surface area (Å²) in [6.07, 6.45) is -0.0995. The molecule has 1 heterocycles. The van der Waals surface area contributed by atoms with E-state index < -0.39 is 0 Å². The first-order valence-corrected chi connectivity index (χ1v) is 4.02. The summed E-state index contributed by atoms with van der Waals surface area (Å²) in [4.78, 5) is 12.7. The fourth-order valence-electron chi connectivity index (χ4n) is 1.33. The van der Waals surface area contributed by atoms with Crippen LogP contribution in [0.4, 0.5) is 0 Å². The van der Waals surface area contributed by atoms with Crippen LogP contribution >= 0.6 is 0 Å². The highest BCUT2D eigenvalue weighted by atomic mass is 16.6. The maximum absolute atomic E-state index is 10.7. The van der Waals surface area contributed by atoms with Gasteiger partial charge in [0.15, 0.2) is 0 Å². The van der Waals surface area contributed by atoms with Crippen molar-refractivity contribution in [2.75, 3.05) is 27.3 Å². The Morgan fingerprint density at radius 2 is 2.17 bits per heavy atom. The average molecular weight is 173 g/mol. The van der Waals surface area contributed by atoms with Crippen molar-refractivity contribution >= 4 is 5.97 Å². The second-order valence-electron chi connectivity index (χ2n) is 3.22. The topological polar surface area (TPSA) is 38.8 Å². The number of nitrogens with zero attached hydrogens (tertiary/aromatic N) is 1. The summed E-state index contributed by atoms with van der Waals surface area (Å²) < 4.78 is 10.3. The predicted octanol–water partition coefficient (Wildman–Crippen LogP) is -0.122. The van der Waals surface area contributed by atoms with Crippen LogP contribution in [0.25, 0.3) is 0 Å². The molecular weight excluding hydrogens is 158 g/mol. The number of carbonyl (C=O) groups excluding carboxylic acids is 1. The zero-order valence-electron chi connectivity index (χ0n) is 7.74. The van der Waals surface area contributed by atoms with Crippen LogP contribution < -0.4 is 0 Å². The average Bonchev–Trinajstić information content (AvgIpc) is 2.33. The molecule has 2 atom stereocenters. The smallest absolute Gasteiger partial charge is 0.303 e. The number of rotatable bonds is 2. The highest BCUT2D eigenvalue weighted by molar-refractivity contribution is 5.66. The van der Waals surface area contributed by atoms with E-state index in [9.17, 15) is 4.79 Å². The Bertz CT molecular complexity index is 170. The monoisotopic (exact) mass is 173 g/mol. The van der Waals surface area contributed by atoms with Gasteiger partial charge >= 0.3 is 5.97 Å². The molecule has 70 valence electrons. The van der Waals surface area contributed by atoms with Gasteiger partial charge in [0.05, 0.1) is 19.3 Å². The fourth-order valence-corrected chi connectivity index (χ4v) is 1.33. The molecule has 4 heteroatoms. The van der Waals surface area contributed by atoms with Crippen LogP contribution in [-0.2, 0) is 14.3 Å². The van der Waals surface area contributed by atoms with Crippen molar-refractivity contribution < 1.29 is 14.3 Å². The molecule has 0 aromatic heterocycles. The number of carbonyl (C=O) groups is 1. The maximum Gasteiger partial charge on any atom is 0.303 e. The van der Waals surface area contributed by atoms with Crippen molar-refractivity contribution in [1.29, 1.82) is 0 Å². The van der Waals surface area contributed by atoms with Gasteiger partial charge in [-0.2, -0.15) is 0 Å². The van der Waals surface area contributed by atoms with E-state index in [2.05, 4.69) is 0 Å². The molecule has 0 amide bonds. The van der Waals surface area contributed by atoms with Crippen LogP contribution in [-0.4, -0.2) is 50.3 Å². The Labute approximate surface area is 72.4 Å².